The maximum Gasteiger partial charge on any atom is 0.170 e. The number of hydrogen-bond donors (Lipinski definition) is 2. The quantitative estimate of drug-likeness (QED) is 0.393. The fraction of sp³-hybridized carbons (Fsp3) is 0.611. The highest BCUT2D eigenvalue weighted by molar-refractivity contribution is 7.80. The fourth-order valence-electron chi connectivity index (χ4n) is 2.39. The van der Waals surface area contributed by atoms with Gasteiger partial charge in [-0.15, -0.1) is 0 Å². The van der Waals surface area contributed by atoms with Crippen LogP contribution in [0.1, 0.15) is 64.7 Å². The van der Waals surface area contributed by atoms with Gasteiger partial charge in [-0.05, 0) is 30.8 Å². The van der Waals surface area contributed by atoms with E-state index in [1.807, 2.05) is 0 Å². The molecular weight excluding hydrogens is 314 g/mol. The van der Waals surface area contributed by atoms with Crippen LogP contribution in [0, 0.1) is 11.6 Å². The zero-order valence-corrected chi connectivity index (χ0v) is 14.8. The Balaban J connectivity index is 2.02. The first kappa shape index (κ1) is 19.8. The summed E-state index contributed by atoms with van der Waals surface area (Å²) in [5, 5.41) is 6.17. The molecule has 0 radical (unpaired) electrons. The van der Waals surface area contributed by atoms with Gasteiger partial charge in [-0.1, -0.05) is 58.3 Å². The minimum absolute atomic E-state index is 0.191. The molecule has 130 valence electrons. The smallest absolute Gasteiger partial charge is 0.170 e. The van der Waals surface area contributed by atoms with Crippen LogP contribution in [-0.4, -0.2) is 11.7 Å². The molecular formula is C18H28F2N2S. The zero-order chi connectivity index (χ0) is 16.9. The number of halogens is 2. The summed E-state index contributed by atoms with van der Waals surface area (Å²) in [6.45, 7) is 3.00. The Labute approximate surface area is 144 Å². The Morgan fingerprint density at radius 3 is 2.17 bits per heavy atom. The number of benzene rings is 1. The van der Waals surface area contributed by atoms with Gasteiger partial charge in [0.25, 0.3) is 0 Å². The first-order chi connectivity index (χ1) is 11.1. The number of anilines is 1. The van der Waals surface area contributed by atoms with Crippen LogP contribution in [-0.2, 0) is 0 Å². The lowest BCUT2D eigenvalue weighted by molar-refractivity contribution is 0.563. The first-order valence-corrected chi connectivity index (χ1v) is 9.04. The SMILES string of the molecule is CCCCCCCCCCCNC(=S)Nc1ccc(F)cc1F. The van der Waals surface area contributed by atoms with Gasteiger partial charge < -0.3 is 10.6 Å². The molecule has 0 fully saturated rings. The van der Waals surface area contributed by atoms with Crippen LogP contribution < -0.4 is 10.6 Å². The van der Waals surface area contributed by atoms with Gasteiger partial charge in [0.1, 0.15) is 11.6 Å². The second kappa shape index (κ2) is 12.2. The minimum atomic E-state index is -0.641. The maximum absolute atomic E-state index is 13.5. The van der Waals surface area contributed by atoms with Crippen molar-refractivity contribution in [3.8, 4) is 0 Å². The molecule has 5 heteroatoms. The van der Waals surface area contributed by atoms with Crippen molar-refractivity contribution < 1.29 is 8.78 Å². The van der Waals surface area contributed by atoms with Gasteiger partial charge in [0.2, 0.25) is 0 Å². The molecule has 0 saturated heterocycles. The molecule has 2 N–H and O–H groups in total. The molecule has 0 aliphatic rings. The number of thiocarbonyl (C=S) groups is 1. The van der Waals surface area contributed by atoms with E-state index in [-0.39, 0.29) is 5.69 Å². The van der Waals surface area contributed by atoms with Gasteiger partial charge in [-0.3, -0.25) is 0 Å². The topological polar surface area (TPSA) is 24.1 Å². The fourth-order valence-corrected chi connectivity index (χ4v) is 2.61. The average molecular weight is 342 g/mol. The van der Waals surface area contributed by atoms with Gasteiger partial charge in [0.05, 0.1) is 5.69 Å². The Morgan fingerprint density at radius 2 is 1.57 bits per heavy atom. The standard InChI is InChI=1S/C18H28F2N2S/c1-2-3-4-5-6-7-8-9-10-13-21-18(23)22-17-12-11-15(19)14-16(17)20/h11-12,14H,2-10,13H2,1H3,(H2,21,22,23). The number of nitrogens with one attached hydrogen (secondary N) is 2. The van der Waals surface area contributed by atoms with Crippen LogP contribution in [0.2, 0.25) is 0 Å². The zero-order valence-electron chi connectivity index (χ0n) is 14.0. The van der Waals surface area contributed by atoms with Crippen molar-refractivity contribution in [3.63, 3.8) is 0 Å². The summed E-state index contributed by atoms with van der Waals surface area (Å²) in [5.41, 5.74) is 0.191. The van der Waals surface area contributed by atoms with E-state index in [0.29, 0.717) is 5.11 Å². The minimum Gasteiger partial charge on any atom is -0.362 e. The van der Waals surface area contributed by atoms with Crippen LogP contribution in [0.5, 0.6) is 0 Å². The summed E-state index contributed by atoms with van der Waals surface area (Å²) in [7, 11) is 0. The lowest BCUT2D eigenvalue weighted by Gasteiger charge is -2.11. The van der Waals surface area contributed by atoms with E-state index in [1.54, 1.807) is 0 Å². The van der Waals surface area contributed by atoms with Crippen molar-refractivity contribution in [3.05, 3.63) is 29.8 Å². The number of rotatable bonds is 11. The van der Waals surface area contributed by atoms with E-state index in [9.17, 15) is 8.78 Å². The normalized spacial score (nSPS) is 10.6. The molecule has 0 saturated carbocycles. The Morgan fingerprint density at radius 1 is 0.957 bits per heavy atom. The van der Waals surface area contributed by atoms with Gasteiger partial charge in [-0.2, -0.15) is 0 Å². The molecule has 2 nitrogen and oxygen atoms in total. The second-order valence-electron chi connectivity index (χ2n) is 5.83. The maximum atomic E-state index is 13.5. The third-order valence-corrected chi connectivity index (χ3v) is 3.99. The Kier molecular flexibility index (Phi) is 10.5. The molecule has 0 aliphatic carbocycles. The molecule has 1 aromatic carbocycles. The van der Waals surface area contributed by atoms with E-state index in [4.69, 9.17) is 12.2 Å². The van der Waals surface area contributed by atoms with Crippen LogP contribution in [0.3, 0.4) is 0 Å². The summed E-state index contributed by atoms with van der Waals surface area (Å²) in [4.78, 5) is 0. The first-order valence-electron chi connectivity index (χ1n) is 8.63. The van der Waals surface area contributed by atoms with Gasteiger partial charge in [0, 0.05) is 12.6 Å². The number of hydrogen-bond acceptors (Lipinski definition) is 1. The van der Waals surface area contributed by atoms with Crippen molar-refractivity contribution in [2.45, 2.75) is 64.7 Å². The summed E-state index contributed by atoms with van der Waals surface area (Å²) in [6.07, 6.45) is 11.5. The molecule has 0 unspecified atom stereocenters. The summed E-state index contributed by atoms with van der Waals surface area (Å²) in [6, 6.07) is 3.39. The van der Waals surface area contributed by atoms with E-state index < -0.39 is 11.6 Å². The lowest BCUT2D eigenvalue weighted by atomic mass is 10.1. The van der Waals surface area contributed by atoms with Crippen LogP contribution in [0.4, 0.5) is 14.5 Å². The van der Waals surface area contributed by atoms with Crippen molar-refractivity contribution in [2.75, 3.05) is 11.9 Å². The molecule has 0 amide bonds. The van der Waals surface area contributed by atoms with Crippen molar-refractivity contribution in [1.82, 2.24) is 5.32 Å². The Hall–Kier alpha value is -1.23. The third kappa shape index (κ3) is 9.49. The molecule has 0 heterocycles. The molecule has 0 spiro atoms. The molecule has 0 aromatic heterocycles. The lowest BCUT2D eigenvalue weighted by Crippen LogP contribution is -2.29. The molecule has 0 atom stereocenters. The summed E-state index contributed by atoms with van der Waals surface area (Å²) < 4.78 is 26.3. The number of unbranched alkanes of at least 4 members (excludes halogenated alkanes) is 8. The highest BCUT2D eigenvalue weighted by Gasteiger charge is 2.05. The van der Waals surface area contributed by atoms with E-state index in [1.165, 1.54) is 63.5 Å². The monoisotopic (exact) mass is 342 g/mol. The van der Waals surface area contributed by atoms with Gasteiger partial charge in [-0.25, -0.2) is 8.78 Å². The molecule has 1 rings (SSSR count). The highest BCUT2D eigenvalue weighted by Crippen LogP contribution is 2.14. The van der Waals surface area contributed by atoms with Gasteiger partial charge in [0.15, 0.2) is 5.11 Å². The third-order valence-electron chi connectivity index (χ3n) is 3.75. The molecule has 0 aliphatic heterocycles. The van der Waals surface area contributed by atoms with Crippen LogP contribution >= 0.6 is 12.2 Å². The summed E-state index contributed by atoms with van der Waals surface area (Å²) in [5.74, 6) is -1.24. The van der Waals surface area contributed by atoms with Crippen LogP contribution in [0.25, 0.3) is 0 Å². The van der Waals surface area contributed by atoms with Gasteiger partial charge >= 0.3 is 0 Å². The second-order valence-corrected chi connectivity index (χ2v) is 6.24. The largest absolute Gasteiger partial charge is 0.362 e. The predicted octanol–water partition coefficient (Wildman–Crippen LogP) is 5.78. The summed E-state index contributed by atoms with van der Waals surface area (Å²) >= 11 is 5.11. The van der Waals surface area contributed by atoms with Crippen molar-refractivity contribution in [1.29, 1.82) is 0 Å². The van der Waals surface area contributed by atoms with Crippen molar-refractivity contribution >= 4 is 23.0 Å². The molecule has 1 aromatic rings. The predicted molar refractivity (Wildman–Crippen MR) is 97.8 cm³/mol. The van der Waals surface area contributed by atoms with Crippen LogP contribution in [0.15, 0.2) is 18.2 Å². The van der Waals surface area contributed by atoms with Crippen molar-refractivity contribution in [2.24, 2.45) is 0 Å². The van der Waals surface area contributed by atoms with E-state index >= 15 is 0 Å². The highest BCUT2D eigenvalue weighted by atomic mass is 32.1. The molecule has 0 bridgehead atoms. The Bertz CT molecular complexity index is 466. The van der Waals surface area contributed by atoms with E-state index in [0.717, 1.165) is 19.0 Å². The van der Waals surface area contributed by atoms with E-state index in [2.05, 4.69) is 17.6 Å². The average Bonchev–Trinajstić information content (AvgIpc) is 2.52. The molecule has 23 heavy (non-hydrogen) atoms.